The van der Waals surface area contributed by atoms with Crippen molar-refractivity contribution in [1.29, 1.82) is 0 Å². The summed E-state index contributed by atoms with van der Waals surface area (Å²) in [7, 11) is 3.58. The number of carboxylic acid groups (broad SMARTS) is 1. The van der Waals surface area contributed by atoms with Crippen LogP contribution < -0.4 is 0 Å². The van der Waals surface area contributed by atoms with Gasteiger partial charge in [0.1, 0.15) is 13.2 Å². The minimum Gasteiger partial charge on any atom is -0.477 e. The molecular weight excluding hydrogens is 210 g/mol. The van der Waals surface area contributed by atoms with Crippen LogP contribution in [0.4, 0.5) is 0 Å². The smallest absolute Gasteiger partial charge is 0.359 e. The molecule has 0 aliphatic rings. The fourth-order valence-corrected chi connectivity index (χ4v) is 1.05. The van der Waals surface area contributed by atoms with E-state index in [-0.39, 0.29) is 19.1 Å². The van der Waals surface area contributed by atoms with Crippen LogP contribution in [0.25, 0.3) is 0 Å². The SMILES string of the molecule is CC(C)(C)C(=O)OCC[N+](C)(C)CC(=O)O. The van der Waals surface area contributed by atoms with Gasteiger partial charge in [-0.05, 0) is 20.8 Å². The lowest BCUT2D eigenvalue weighted by atomic mass is 9.97. The molecule has 5 heteroatoms. The third-order valence-electron chi connectivity index (χ3n) is 2.11. The lowest BCUT2D eigenvalue weighted by Crippen LogP contribution is -2.46. The van der Waals surface area contributed by atoms with Crippen molar-refractivity contribution in [3.05, 3.63) is 0 Å². The molecule has 0 aromatic carbocycles. The van der Waals surface area contributed by atoms with Crippen LogP contribution in [0.3, 0.4) is 0 Å². The quantitative estimate of drug-likeness (QED) is 0.561. The van der Waals surface area contributed by atoms with Crippen LogP contribution in [0, 0.1) is 5.41 Å². The molecule has 0 rings (SSSR count). The van der Waals surface area contributed by atoms with E-state index >= 15 is 0 Å². The monoisotopic (exact) mass is 232 g/mol. The molecule has 0 atom stereocenters. The molecule has 0 radical (unpaired) electrons. The average Bonchev–Trinajstić information content (AvgIpc) is 1.98. The Kier molecular flexibility index (Phi) is 4.93. The van der Waals surface area contributed by atoms with Crippen molar-refractivity contribution in [3.63, 3.8) is 0 Å². The lowest BCUT2D eigenvalue weighted by Gasteiger charge is -2.28. The van der Waals surface area contributed by atoms with Crippen molar-refractivity contribution < 1.29 is 23.9 Å². The van der Waals surface area contributed by atoms with Gasteiger partial charge in [-0.25, -0.2) is 4.79 Å². The van der Waals surface area contributed by atoms with Crippen LogP contribution in [0.5, 0.6) is 0 Å². The number of hydrogen-bond donors (Lipinski definition) is 1. The van der Waals surface area contributed by atoms with Crippen molar-refractivity contribution >= 4 is 11.9 Å². The average molecular weight is 232 g/mol. The zero-order chi connectivity index (χ0) is 13.0. The maximum atomic E-state index is 11.4. The van der Waals surface area contributed by atoms with Crippen LogP contribution in [-0.4, -0.2) is 55.3 Å². The highest BCUT2D eigenvalue weighted by atomic mass is 16.5. The Morgan fingerprint density at radius 3 is 2.12 bits per heavy atom. The number of carbonyl (C=O) groups is 2. The fraction of sp³-hybridized carbons (Fsp3) is 0.818. The molecular formula is C11H22NO4+. The summed E-state index contributed by atoms with van der Waals surface area (Å²) in [4.78, 5) is 22.0. The normalized spacial score (nSPS) is 12.3. The minimum absolute atomic E-state index is 0.0209. The number of rotatable bonds is 5. The van der Waals surface area contributed by atoms with Gasteiger partial charge in [0.05, 0.1) is 19.5 Å². The van der Waals surface area contributed by atoms with Crippen LogP contribution >= 0.6 is 0 Å². The first-order chi connectivity index (χ1) is 7.04. The number of quaternary nitrogens is 1. The number of carbonyl (C=O) groups excluding carboxylic acids is 1. The predicted octanol–water partition coefficient (Wildman–Crippen LogP) is 0.737. The molecule has 0 aromatic heterocycles. The standard InChI is InChI=1S/C11H21NO4/c1-11(2,3)10(15)16-7-6-12(4,5)8-9(13)14/h6-8H2,1-5H3/p+1. The Labute approximate surface area is 96.6 Å². The van der Waals surface area contributed by atoms with E-state index in [2.05, 4.69) is 0 Å². The maximum Gasteiger partial charge on any atom is 0.359 e. The molecule has 0 spiro atoms. The first-order valence-corrected chi connectivity index (χ1v) is 5.26. The Bertz CT molecular complexity index is 266. The van der Waals surface area contributed by atoms with Gasteiger partial charge in [0.25, 0.3) is 0 Å². The van der Waals surface area contributed by atoms with Crippen LogP contribution in [0.15, 0.2) is 0 Å². The summed E-state index contributed by atoms with van der Waals surface area (Å²) >= 11 is 0. The topological polar surface area (TPSA) is 63.6 Å². The zero-order valence-electron chi connectivity index (χ0n) is 10.7. The van der Waals surface area contributed by atoms with Crippen molar-refractivity contribution in [2.75, 3.05) is 33.8 Å². The number of hydrogen-bond acceptors (Lipinski definition) is 3. The van der Waals surface area contributed by atoms with E-state index in [9.17, 15) is 9.59 Å². The summed E-state index contributed by atoms with van der Waals surface area (Å²) in [5.41, 5.74) is -0.510. The Balaban J connectivity index is 3.99. The molecule has 0 fully saturated rings. The summed E-state index contributed by atoms with van der Waals surface area (Å²) in [6.45, 7) is 6.11. The van der Waals surface area contributed by atoms with Gasteiger partial charge in [0.15, 0.2) is 6.54 Å². The summed E-state index contributed by atoms with van der Waals surface area (Å²) in [5.74, 6) is -1.12. The van der Waals surface area contributed by atoms with Crippen LogP contribution in [0.2, 0.25) is 0 Å². The van der Waals surface area contributed by atoms with Gasteiger partial charge in [-0.2, -0.15) is 0 Å². The summed E-state index contributed by atoms with van der Waals surface area (Å²) < 4.78 is 5.37. The molecule has 94 valence electrons. The highest BCUT2D eigenvalue weighted by Crippen LogP contribution is 2.15. The largest absolute Gasteiger partial charge is 0.477 e. The van der Waals surface area contributed by atoms with Crippen molar-refractivity contribution in [1.82, 2.24) is 0 Å². The number of nitrogens with zero attached hydrogens (tertiary/aromatic N) is 1. The highest BCUT2D eigenvalue weighted by Gasteiger charge is 2.25. The number of carboxylic acids is 1. The molecule has 0 unspecified atom stereocenters. The van der Waals surface area contributed by atoms with Crippen LogP contribution in [0.1, 0.15) is 20.8 Å². The first kappa shape index (κ1) is 14.9. The second-order valence-electron chi connectivity index (χ2n) is 5.60. The number of likely N-dealkylation sites (N-methyl/N-ethyl adjacent to an activating group) is 1. The molecule has 0 aliphatic carbocycles. The van der Waals surface area contributed by atoms with E-state index in [4.69, 9.17) is 9.84 Å². The van der Waals surface area contributed by atoms with E-state index in [1.165, 1.54) is 0 Å². The lowest BCUT2D eigenvalue weighted by molar-refractivity contribution is -0.883. The third-order valence-corrected chi connectivity index (χ3v) is 2.11. The van der Waals surface area contributed by atoms with Gasteiger partial charge < -0.3 is 14.3 Å². The first-order valence-electron chi connectivity index (χ1n) is 5.26. The van der Waals surface area contributed by atoms with Crippen molar-refractivity contribution in [2.45, 2.75) is 20.8 Å². The van der Waals surface area contributed by atoms with Gasteiger partial charge in [-0.15, -0.1) is 0 Å². The van der Waals surface area contributed by atoms with E-state index < -0.39 is 11.4 Å². The molecule has 0 saturated carbocycles. The second kappa shape index (κ2) is 5.30. The van der Waals surface area contributed by atoms with Crippen LogP contribution in [-0.2, 0) is 14.3 Å². The number of esters is 1. The Morgan fingerprint density at radius 1 is 1.25 bits per heavy atom. The van der Waals surface area contributed by atoms with Crippen molar-refractivity contribution in [2.24, 2.45) is 5.41 Å². The van der Waals surface area contributed by atoms with E-state index in [1.54, 1.807) is 34.9 Å². The van der Waals surface area contributed by atoms with Gasteiger partial charge in [-0.3, -0.25) is 4.79 Å². The van der Waals surface area contributed by atoms with Gasteiger partial charge in [0.2, 0.25) is 0 Å². The maximum absolute atomic E-state index is 11.4. The highest BCUT2D eigenvalue weighted by molar-refractivity contribution is 5.75. The summed E-state index contributed by atoms with van der Waals surface area (Å²) in [5, 5.41) is 8.66. The van der Waals surface area contributed by atoms with Gasteiger partial charge in [0, 0.05) is 0 Å². The number of ether oxygens (including phenoxy) is 1. The molecule has 0 aromatic rings. The molecule has 0 amide bonds. The summed E-state index contributed by atoms with van der Waals surface area (Å²) in [6, 6.07) is 0. The number of aliphatic carboxylic acids is 1. The minimum atomic E-state index is -0.854. The van der Waals surface area contributed by atoms with E-state index in [0.29, 0.717) is 11.0 Å². The van der Waals surface area contributed by atoms with E-state index in [0.717, 1.165) is 0 Å². The van der Waals surface area contributed by atoms with E-state index in [1.807, 2.05) is 0 Å². The zero-order valence-corrected chi connectivity index (χ0v) is 10.7. The predicted molar refractivity (Wildman–Crippen MR) is 59.9 cm³/mol. The molecule has 0 aliphatic heterocycles. The second-order valence-corrected chi connectivity index (χ2v) is 5.60. The Morgan fingerprint density at radius 2 is 1.75 bits per heavy atom. The molecule has 0 saturated heterocycles. The fourth-order valence-electron chi connectivity index (χ4n) is 1.05. The molecule has 16 heavy (non-hydrogen) atoms. The summed E-state index contributed by atoms with van der Waals surface area (Å²) in [6.07, 6.45) is 0. The van der Waals surface area contributed by atoms with Crippen molar-refractivity contribution in [3.8, 4) is 0 Å². The molecule has 5 nitrogen and oxygen atoms in total. The molecule has 1 N–H and O–H groups in total. The van der Waals surface area contributed by atoms with Gasteiger partial charge in [-0.1, -0.05) is 0 Å². The molecule has 0 bridgehead atoms. The van der Waals surface area contributed by atoms with Gasteiger partial charge >= 0.3 is 11.9 Å². The Hall–Kier alpha value is -1.10. The third kappa shape index (κ3) is 6.40. The molecule has 0 heterocycles.